The number of aromatic nitrogens is 1. The Labute approximate surface area is 168 Å². The lowest BCUT2D eigenvalue weighted by molar-refractivity contribution is -0.114. The van der Waals surface area contributed by atoms with E-state index in [9.17, 15) is 14.4 Å². The lowest BCUT2D eigenvalue weighted by atomic mass is 10.1. The quantitative estimate of drug-likeness (QED) is 0.549. The van der Waals surface area contributed by atoms with Gasteiger partial charge in [-0.3, -0.25) is 19.4 Å². The predicted molar refractivity (Wildman–Crippen MR) is 113 cm³/mol. The zero-order valence-corrected chi connectivity index (χ0v) is 16.0. The Kier molecular flexibility index (Phi) is 5.99. The molecule has 146 valence electrons. The number of rotatable bonds is 6. The zero-order valence-electron chi connectivity index (χ0n) is 16.0. The van der Waals surface area contributed by atoms with E-state index in [1.54, 1.807) is 48.5 Å². The molecule has 7 nitrogen and oxygen atoms in total. The van der Waals surface area contributed by atoms with E-state index < -0.39 is 0 Å². The SMILES string of the molecule is CC(=O)Nc1cccc(Nc2ccnc(C(=O)Nc3cccc(C(C)=O)c3)c2)c1. The van der Waals surface area contributed by atoms with Crippen molar-refractivity contribution in [2.45, 2.75) is 13.8 Å². The van der Waals surface area contributed by atoms with Crippen LogP contribution in [0.25, 0.3) is 0 Å². The molecule has 1 heterocycles. The third kappa shape index (κ3) is 5.49. The molecule has 2 aromatic carbocycles. The number of Topliss-reactive ketones (excluding diaryl/α,β-unsaturated/α-hetero) is 1. The van der Waals surface area contributed by atoms with E-state index in [4.69, 9.17) is 0 Å². The summed E-state index contributed by atoms with van der Waals surface area (Å²) in [5, 5.41) is 8.65. The summed E-state index contributed by atoms with van der Waals surface area (Å²) in [5.74, 6) is -0.618. The molecule has 0 spiro atoms. The van der Waals surface area contributed by atoms with Gasteiger partial charge in [0.05, 0.1) is 0 Å². The molecule has 29 heavy (non-hydrogen) atoms. The maximum atomic E-state index is 12.5. The Bertz CT molecular complexity index is 1080. The van der Waals surface area contributed by atoms with Crippen LogP contribution in [0.2, 0.25) is 0 Å². The molecule has 3 rings (SSSR count). The van der Waals surface area contributed by atoms with Gasteiger partial charge in [0.1, 0.15) is 5.69 Å². The minimum atomic E-state index is -0.388. The Morgan fingerprint density at radius 1 is 0.759 bits per heavy atom. The van der Waals surface area contributed by atoms with Crippen LogP contribution in [0.1, 0.15) is 34.7 Å². The maximum absolute atomic E-state index is 12.5. The molecule has 0 unspecified atom stereocenters. The molecular weight excluding hydrogens is 368 g/mol. The molecular formula is C22H20N4O3. The molecule has 0 radical (unpaired) electrons. The number of carbonyl (C=O) groups is 3. The molecule has 0 aliphatic heterocycles. The van der Waals surface area contributed by atoms with Gasteiger partial charge in [-0.15, -0.1) is 0 Å². The van der Waals surface area contributed by atoms with Gasteiger partial charge in [0, 0.05) is 41.4 Å². The maximum Gasteiger partial charge on any atom is 0.274 e. The van der Waals surface area contributed by atoms with Gasteiger partial charge in [0.2, 0.25) is 5.91 Å². The van der Waals surface area contributed by atoms with Crippen molar-refractivity contribution < 1.29 is 14.4 Å². The lowest BCUT2D eigenvalue weighted by Crippen LogP contribution is -2.14. The summed E-state index contributed by atoms with van der Waals surface area (Å²) in [6.07, 6.45) is 1.53. The fourth-order valence-electron chi connectivity index (χ4n) is 2.69. The van der Waals surface area contributed by atoms with Crippen LogP contribution in [-0.2, 0) is 4.79 Å². The standard InChI is InChI=1S/C22H20N4O3/c1-14(27)16-5-3-6-17(11-16)26-22(29)21-13-20(9-10-23-21)25-19-8-4-7-18(12-19)24-15(2)28/h3-13H,1-2H3,(H,23,25)(H,24,28)(H,26,29). The second-order valence-electron chi connectivity index (χ2n) is 6.41. The van der Waals surface area contributed by atoms with Crippen LogP contribution in [0.4, 0.5) is 22.7 Å². The largest absolute Gasteiger partial charge is 0.355 e. The predicted octanol–water partition coefficient (Wildman–Crippen LogP) is 4.24. The van der Waals surface area contributed by atoms with Crippen molar-refractivity contribution in [2.24, 2.45) is 0 Å². The number of nitrogens with one attached hydrogen (secondary N) is 3. The van der Waals surface area contributed by atoms with Crippen molar-refractivity contribution in [1.29, 1.82) is 0 Å². The van der Waals surface area contributed by atoms with E-state index in [-0.39, 0.29) is 23.3 Å². The topological polar surface area (TPSA) is 100 Å². The third-order valence-electron chi connectivity index (χ3n) is 3.99. The van der Waals surface area contributed by atoms with Gasteiger partial charge < -0.3 is 16.0 Å². The van der Waals surface area contributed by atoms with Gasteiger partial charge in [-0.25, -0.2) is 0 Å². The van der Waals surface area contributed by atoms with Crippen molar-refractivity contribution in [2.75, 3.05) is 16.0 Å². The first-order chi connectivity index (χ1) is 13.9. The van der Waals surface area contributed by atoms with E-state index in [1.807, 2.05) is 12.1 Å². The lowest BCUT2D eigenvalue weighted by Gasteiger charge is -2.10. The number of ketones is 1. The fourth-order valence-corrected chi connectivity index (χ4v) is 2.69. The molecule has 0 aliphatic rings. The second-order valence-corrected chi connectivity index (χ2v) is 6.41. The van der Waals surface area contributed by atoms with Crippen LogP contribution < -0.4 is 16.0 Å². The van der Waals surface area contributed by atoms with Crippen LogP contribution in [0, 0.1) is 0 Å². The van der Waals surface area contributed by atoms with Gasteiger partial charge in [0.25, 0.3) is 5.91 Å². The van der Waals surface area contributed by atoms with Crippen molar-refractivity contribution >= 4 is 40.3 Å². The third-order valence-corrected chi connectivity index (χ3v) is 3.99. The highest BCUT2D eigenvalue weighted by molar-refractivity contribution is 6.04. The van der Waals surface area contributed by atoms with Crippen molar-refractivity contribution in [3.63, 3.8) is 0 Å². The Morgan fingerprint density at radius 3 is 2.14 bits per heavy atom. The molecule has 0 atom stereocenters. The van der Waals surface area contributed by atoms with Gasteiger partial charge in [-0.1, -0.05) is 18.2 Å². The van der Waals surface area contributed by atoms with Gasteiger partial charge in [0.15, 0.2) is 5.78 Å². The molecule has 0 saturated heterocycles. The first-order valence-electron chi connectivity index (χ1n) is 8.94. The highest BCUT2D eigenvalue weighted by atomic mass is 16.2. The van der Waals surface area contributed by atoms with Gasteiger partial charge in [-0.05, 0) is 49.4 Å². The van der Waals surface area contributed by atoms with Gasteiger partial charge >= 0.3 is 0 Å². The van der Waals surface area contributed by atoms with Crippen LogP contribution in [0.5, 0.6) is 0 Å². The summed E-state index contributed by atoms with van der Waals surface area (Å²) in [5.41, 5.74) is 3.35. The smallest absolute Gasteiger partial charge is 0.274 e. The molecule has 2 amide bonds. The number of amides is 2. The molecule has 7 heteroatoms. The van der Waals surface area contributed by atoms with Gasteiger partial charge in [-0.2, -0.15) is 0 Å². The number of hydrogen-bond acceptors (Lipinski definition) is 5. The molecule has 0 aliphatic carbocycles. The highest BCUT2D eigenvalue weighted by Gasteiger charge is 2.10. The summed E-state index contributed by atoms with van der Waals surface area (Å²) < 4.78 is 0. The van der Waals surface area contributed by atoms with Crippen LogP contribution in [0.3, 0.4) is 0 Å². The average molecular weight is 388 g/mol. The first kappa shape index (κ1) is 19.8. The minimum absolute atomic E-state index is 0.0769. The molecule has 0 bridgehead atoms. The molecule has 1 aromatic heterocycles. The van der Waals surface area contributed by atoms with Crippen LogP contribution in [0.15, 0.2) is 66.9 Å². The van der Waals surface area contributed by atoms with E-state index >= 15 is 0 Å². The summed E-state index contributed by atoms with van der Waals surface area (Å²) in [6.45, 7) is 2.92. The number of hydrogen-bond donors (Lipinski definition) is 3. The summed E-state index contributed by atoms with van der Waals surface area (Å²) in [7, 11) is 0. The van der Waals surface area contributed by atoms with E-state index in [1.165, 1.54) is 20.0 Å². The van der Waals surface area contributed by atoms with Crippen molar-refractivity contribution in [1.82, 2.24) is 4.98 Å². The first-order valence-corrected chi connectivity index (χ1v) is 8.94. The second kappa shape index (κ2) is 8.79. The van der Waals surface area contributed by atoms with Crippen LogP contribution in [-0.4, -0.2) is 22.6 Å². The monoisotopic (exact) mass is 388 g/mol. The Morgan fingerprint density at radius 2 is 1.41 bits per heavy atom. The molecule has 3 N–H and O–H groups in total. The number of nitrogens with zero attached hydrogens (tertiary/aromatic N) is 1. The highest BCUT2D eigenvalue weighted by Crippen LogP contribution is 2.21. The summed E-state index contributed by atoms with van der Waals surface area (Å²) in [6, 6.07) is 17.3. The normalized spacial score (nSPS) is 10.1. The van der Waals surface area contributed by atoms with Crippen molar-refractivity contribution in [3.8, 4) is 0 Å². The number of carbonyl (C=O) groups excluding carboxylic acids is 3. The minimum Gasteiger partial charge on any atom is -0.355 e. The van der Waals surface area contributed by atoms with Crippen molar-refractivity contribution in [3.05, 3.63) is 78.1 Å². The van der Waals surface area contributed by atoms with E-state index in [0.29, 0.717) is 22.6 Å². The average Bonchev–Trinajstić information content (AvgIpc) is 2.68. The molecule has 3 aromatic rings. The Hall–Kier alpha value is -4.00. The number of benzene rings is 2. The number of pyridine rings is 1. The van der Waals surface area contributed by atoms with Crippen LogP contribution >= 0.6 is 0 Å². The number of anilines is 4. The molecule has 0 fully saturated rings. The zero-order chi connectivity index (χ0) is 20.8. The summed E-state index contributed by atoms with van der Waals surface area (Å²) >= 11 is 0. The fraction of sp³-hybridized carbons (Fsp3) is 0.0909. The Balaban J connectivity index is 1.74. The van der Waals surface area contributed by atoms with E-state index in [2.05, 4.69) is 20.9 Å². The van der Waals surface area contributed by atoms with E-state index in [0.717, 1.165) is 5.69 Å². The summed E-state index contributed by atoms with van der Waals surface area (Å²) in [4.78, 5) is 39.4. The molecule has 0 saturated carbocycles.